The maximum absolute atomic E-state index is 12.0. The second-order valence-corrected chi connectivity index (χ2v) is 7.76. The van der Waals surface area contributed by atoms with E-state index < -0.39 is 23.7 Å². The molecule has 0 saturated carbocycles. The van der Waals surface area contributed by atoms with Gasteiger partial charge in [-0.15, -0.1) is 0 Å². The van der Waals surface area contributed by atoms with Crippen LogP contribution in [0.2, 0.25) is 0 Å². The van der Waals surface area contributed by atoms with Gasteiger partial charge in [-0.1, -0.05) is 12.1 Å². The normalized spacial score (nSPS) is 19.7. The van der Waals surface area contributed by atoms with Crippen LogP contribution in [0.3, 0.4) is 0 Å². The van der Waals surface area contributed by atoms with Gasteiger partial charge in [0, 0.05) is 18.0 Å². The molecule has 1 fully saturated rings. The summed E-state index contributed by atoms with van der Waals surface area (Å²) < 4.78 is 5.70. The van der Waals surface area contributed by atoms with E-state index in [4.69, 9.17) is 9.52 Å². The van der Waals surface area contributed by atoms with Gasteiger partial charge < -0.3 is 25.3 Å². The number of aliphatic hydroxyl groups is 1. The van der Waals surface area contributed by atoms with Crippen molar-refractivity contribution < 1.29 is 24.2 Å². The summed E-state index contributed by atoms with van der Waals surface area (Å²) in [6.07, 6.45) is -0.712. The maximum atomic E-state index is 12.0. The zero-order chi connectivity index (χ0) is 19.6. The number of rotatable bonds is 7. The lowest BCUT2D eigenvalue weighted by atomic mass is 9.80. The van der Waals surface area contributed by atoms with E-state index in [1.165, 1.54) is 0 Å². The van der Waals surface area contributed by atoms with Gasteiger partial charge in [-0.25, -0.2) is 9.78 Å². The van der Waals surface area contributed by atoms with Crippen molar-refractivity contribution in [2.24, 2.45) is 11.8 Å². The lowest BCUT2D eigenvalue weighted by Crippen LogP contribution is -2.45. The zero-order valence-electron chi connectivity index (χ0n) is 15.4. The van der Waals surface area contributed by atoms with E-state index >= 15 is 0 Å². The smallest absolute Gasteiger partial charge is 0.405 e. The van der Waals surface area contributed by atoms with Crippen LogP contribution < -0.4 is 10.6 Å². The van der Waals surface area contributed by atoms with Crippen LogP contribution in [0.1, 0.15) is 45.1 Å². The highest BCUT2D eigenvalue weighted by atomic mass is 16.4. The summed E-state index contributed by atoms with van der Waals surface area (Å²) in [5.74, 6) is -0.456. The molecule has 8 nitrogen and oxygen atoms in total. The molecule has 0 radical (unpaired) electrons. The highest BCUT2D eigenvalue weighted by Gasteiger charge is 2.36. The van der Waals surface area contributed by atoms with Crippen molar-refractivity contribution in [3.63, 3.8) is 0 Å². The quantitative estimate of drug-likeness (QED) is 0.589. The van der Waals surface area contributed by atoms with Gasteiger partial charge in [0.05, 0.1) is 0 Å². The number of aromatic nitrogens is 1. The molecule has 1 aliphatic rings. The zero-order valence-corrected chi connectivity index (χ0v) is 15.4. The van der Waals surface area contributed by atoms with Gasteiger partial charge >= 0.3 is 6.09 Å². The minimum atomic E-state index is -1.13. The number of oxazole rings is 1. The van der Waals surface area contributed by atoms with Crippen LogP contribution in [-0.2, 0) is 4.79 Å². The van der Waals surface area contributed by atoms with E-state index in [9.17, 15) is 14.7 Å². The Balaban J connectivity index is 1.84. The van der Waals surface area contributed by atoms with Crippen LogP contribution in [0, 0.1) is 11.8 Å². The summed E-state index contributed by atoms with van der Waals surface area (Å²) in [6.45, 7) is 4.12. The third kappa shape index (κ3) is 4.57. The summed E-state index contributed by atoms with van der Waals surface area (Å²) in [5.41, 5.74) is 0.442. The Morgan fingerprint density at radius 1 is 1.44 bits per heavy atom. The van der Waals surface area contributed by atoms with E-state index in [1.54, 1.807) is 26.0 Å². The molecule has 146 valence electrons. The SMILES string of the molecule is CC(C)(C[C@H](C[C@H]1CCNC1=O)C(O)c1nc2ccccc2o1)NC(=O)O. The van der Waals surface area contributed by atoms with Gasteiger partial charge in [0.1, 0.15) is 11.6 Å². The number of carboxylic acid groups (broad SMARTS) is 1. The van der Waals surface area contributed by atoms with Crippen molar-refractivity contribution >= 4 is 23.1 Å². The number of nitrogens with zero attached hydrogens (tertiary/aromatic N) is 1. The number of fused-ring (bicyclic) bond motifs is 1. The molecule has 8 heteroatoms. The largest absolute Gasteiger partial charge is 0.465 e. The fraction of sp³-hybridized carbons (Fsp3) is 0.526. The number of carbonyl (C=O) groups excluding carboxylic acids is 1. The average Bonchev–Trinajstić information content (AvgIpc) is 3.18. The Kier molecular flexibility index (Phi) is 5.36. The third-order valence-electron chi connectivity index (χ3n) is 4.98. The molecule has 1 aromatic carbocycles. The van der Waals surface area contributed by atoms with Crippen LogP contribution in [0.15, 0.2) is 28.7 Å². The molecule has 3 rings (SSSR count). The van der Waals surface area contributed by atoms with E-state index in [0.717, 1.165) is 0 Å². The van der Waals surface area contributed by atoms with Gasteiger partial charge in [-0.2, -0.15) is 0 Å². The molecule has 1 aromatic heterocycles. The lowest BCUT2D eigenvalue weighted by Gasteiger charge is -2.32. The average molecular weight is 375 g/mol. The molecular weight excluding hydrogens is 350 g/mol. The minimum absolute atomic E-state index is 0.0336. The number of nitrogens with one attached hydrogen (secondary N) is 2. The molecule has 2 aromatic rings. The van der Waals surface area contributed by atoms with Crippen molar-refractivity contribution in [2.45, 2.75) is 44.8 Å². The van der Waals surface area contributed by atoms with E-state index in [1.807, 2.05) is 12.1 Å². The monoisotopic (exact) mass is 375 g/mol. The van der Waals surface area contributed by atoms with E-state index in [2.05, 4.69) is 15.6 Å². The molecule has 2 amide bonds. The summed E-state index contributed by atoms with van der Waals surface area (Å²) in [5, 5.41) is 25.3. The second-order valence-electron chi connectivity index (χ2n) is 7.76. The fourth-order valence-electron chi connectivity index (χ4n) is 3.77. The third-order valence-corrected chi connectivity index (χ3v) is 4.98. The Labute approximate surface area is 157 Å². The molecule has 0 aliphatic carbocycles. The predicted molar refractivity (Wildman–Crippen MR) is 98.0 cm³/mol. The topological polar surface area (TPSA) is 125 Å². The van der Waals surface area contributed by atoms with Crippen molar-refractivity contribution in [1.82, 2.24) is 15.6 Å². The maximum Gasteiger partial charge on any atom is 0.405 e. The summed E-state index contributed by atoms with van der Waals surface area (Å²) in [4.78, 5) is 27.5. The van der Waals surface area contributed by atoms with Crippen LogP contribution in [0.4, 0.5) is 4.79 Å². The summed E-state index contributed by atoms with van der Waals surface area (Å²) >= 11 is 0. The molecule has 1 unspecified atom stereocenters. The molecular formula is C19H25N3O5. The number of hydrogen-bond donors (Lipinski definition) is 4. The standard InChI is InChI=1S/C19H25N3O5/c1-19(2,22-18(25)26)10-12(9-11-7-8-20-16(11)24)15(23)17-21-13-5-3-4-6-14(13)27-17/h3-6,11-12,15,22-23H,7-10H2,1-2H3,(H,20,24)(H,25,26)/t11-,12+,15?/m1/s1. The van der Waals surface area contributed by atoms with Crippen molar-refractivity contribution in [3.05, 3.63) is 30.2 Å². The van der Waals surface area contributed by atoms with E-state index in [0.29, 0.717) is 36.9 Å². The first kappa shape index (κ1) is 19.2. The summed E-state index contributed by atoms with van der Waals surface area (Å²) in [6, 6.07) is 7.23. The lowest BCUT2D eigenvalue weighted by molar-refractivity contribution is -0.123. The first-order chi connectivity index (χ1) is 12.7. The first-order valence-corrected chi connectivity index (χ1v) is 9.07. The van der Waals surface area contributed by atoms with Gasteiger partial charge in [0.25, 0.3) is 0 Å². The second kappa shape index (κ2) is 7.56. The number of amides is 2. The Bertz CT molecular complexity index is 799. The highest BCUT2D eigenvalue weighted by Crippen LogP contribution is 2.36. The number of benzene rings is 1. The first-order valence-electron chi connectivity index (χ1n) is 9.07. The van der Waals surface area contributed by atoms with E-state index in [-0.39, 0.29) is 17.7 Å². The molecule has 0 spiro atoms. The predicted octanol–water partition coefficient (Wildman–Crippen LogP) is 2.44. The van der Waals surface area contributed by atoms with Crippen LogP contribution in [-0.4, -0.2) is 39.3 Å². The van der Waals surface area contributed by atoms with Gasteiger partial charge in [-0.3, -0.25) is 4.79 Å². The number of carbonyl (C=O) groups is 2. The number of aliphatic hydroxyl groups excluding tert-OH is 1. The summed E-state index contributed by atoms with van der Waals surface area (Å²) in [7, 11) is 0. The van der Waals surface area contributed by atoms with Crippen LogP contribution in [0.5, 0.6) is 0 Å². The number of para-hydroxylation sites is 2. The Morgan fingerprint density at radius 3 is 2.81 bits per heavy atom. The molecule has 3 atom stereocenters. The molecule has 0 bridgehead atoms. The molecule has 2 heterocycles. The highest BCUT2D eigenvalue weighted by molar-refractivity contribution is 5.80. The van der Waals surface area contributed by atoms with Crippen LogP contribution in [0.25, 0.3) is 11.1 Å². The van der Waals surface area contributed by atoms with Gasteiger partial charge in [0.2, 0.25) is 11.8 Å². The Morgan fingerprint density at radius 2 is 2.19 bits per heavy atom. The molecule has 1 aliphatic heterocycles. The van der Waals surface area contributed by atoms with Crippen molar-refractivity contribution in [2.75, 3.05) is 6.54 Å². The molecule has 4 N–H and O–H groups in total. The van der Waals surface area contributed by atoms with Gasteiger partial charge in [-0.05, 0) is 51.2 Å². The molecule has 1 saturated heterocycles. The number of hydrogen-bond acceptors (Lipinski definition) is 5. The van der Waals surface area contributed by atoms with Gasteiger partial charge in [0.15, 0.2) is 5.58 Å². The van der Waals surface area contributed by atoms with Crippen molar-refractivity contribution in [3.8, 4) is 0 Å². The minimum Gasteiger partial charge on any atom is -0.465 e. The van der Waals surface area contributed by atoms with Crippen molar-refractivity contribution in [1.29, 1.82) is 0 Å². The Hall–Kier alpha value is -2.61. The fourth-order valence-corrected chi connectivity index (χ4v) is 3.77. The molecule has 27 heavy (non-hydrogen) atoms. The van der Waals surface area contributed by atoms with Crippen LogP contribution >= 0.6 is 0 Å².